The largest absolute Gasteiger partial charge is 0.429 e. The molecule has 4 aromatic rings. The molecule has 11 heteroatoms. The first-order chi connectivity index (χ1) is 20.4. The summed E-state index contributed by atoms with van der Waals surface area (Å²) in [6.45, 7) is 0.353. The molecule has 0 aliphatic rings. The second-order valence-corrected chi connectivity index (χ2v) is 9.93. The van der Waals surface area contributed by atoms with E-state index in [9.17, 15) is 35.1 Å². The van der Waals surface area contributed by atoms with Gasteiger partial charge in [0.25, 0.3) is 0 Å². The van der Waals surface area contributed by atoms with E-state index in [0.29, 0.717) is 49.6 Å². The molecule has 0 spiro atoms. The summed E-state index contributed by atoms with van der Waals surface area (Å²) >= 11 is 0. The molecule has 0 amide bonds. The number of halogens is 8. The first kappa shape index (κ1) is 31.7. The van der Waals surface area contributed by atoms with Gasteiger partial charge in [-0.2, -0.15) is 8.78 Å². The fourth-order valence-corrected chi connectivity index (χ4v) is 4.58. The fraction of sp³-hybridized carbons (Fsp3) is 0.219. The quantitative estimate of drug-likeness (QED) is 0.0732. The van der Waals surface area contributed by atoms with Crippen molar-refractivity contribution in [1.82, 2.24) is 0 Å². The molecule has 4 aromatic carbocycles. The fourth-order valence-electron chi connectivity index (χ4n) is 4.58. The van der Waals surface area contributed by atoms with Crippen LogP contribution >= 0.6 is 0 Å². The van der Waals surface area contributed by atoms with Crippen LogP contribution in [0.25, 0.3) is 22.3 Å². The molecule has 0 radical (unpaired) electrons. The van der Waals surface area contributed by atoms with Crippen LogP contribution in [-0.2, 0) is 12.5 Å². The van der Waals surface area contributed by atoms with Gasteiger partial charge in [-0.15, -0.1) is 0 Å². The van der Waals surface area contributed by atoms with E-state index in [1.165, 1.54) is 18.3 Å². The van der Waals surface area contributed by atoms with Gasteiger partial charge in [0.1, 0.15) is 23.2 Å². The number of alkyl halides is 2. The Morgan fingerprint density at radius 1 is 0.721 bits per heavy atom. The van der Waals surface area contributed by atoms with Crippen LogP contribution in [0.4, 0.5) is 35.1 Å². The average Bonchev–Trinajstić information content (AvgIpc) is 2.95. The molecule has 0 heterocycles. The predicted octanol–water partition coefficient (Wildman–Crippen LogP) is 8.92. The normalized spacial score (nSPS) is 12.3. The highest BCUT2D eigenvalue weighted by atomic mass is 19.3. The van der Waals surface area contributed by atoms with Crippen molar-refractivity contribution in [2.75, 3.05) is 6.54 Å². The second-order valence-electron chi connectivity index (χ2n) is 9.93. The molecule has 0 fully saturated rings. The zero-order valence-electron chi connectivity index (χ0n) is 22.6. The van der Waals surface area contributed by atoms with Gasteiger partial charge in [-0.05, 0) is 84.6 Å². The van der Waals surface area contributed by atoms with Crippen molar-refractivity contribution in [2.24, 2.45) is 11.7 Å². The van der Waals surface area contributed by atoms with E-state index in [1.807, 2.05) is 0 Å². The first-order valence-electron chi connectivity index (χ1n) is 13.2. The van der Waals surface area contributed by atoms with E-state index >= 15 is 0 Å². The third-order valence-electron chi connectivity index (χ3n) is 6.94. The van der Waals surface area contributed by atoms with Gasteiger partial charge in [0.15, 0.2) is 17.5 Å². The Hall–Kier alpha value is -4.25. The van der Waals surface area contributed by atoms with Gasteiger partial charge in [0.05, 0.1) is 5.56 Å². The van der Waals surface area contributed by atoms with E-state index < -0.39 is 52.3 Å². The number of unbranched alkanes of at least 4 members (excludes halogenated alkanes) is 1. The lowest BCUT2D eigenvalue weighted by Gasteiger charge is -2.20. The van der Waals surface area contributed by atoms with Crippen LogP contribution < -0.4 is 10.5 Å². The zero-order chi connectivity index (χ0) is 31.3. The van der Waals surface area contributed by atoms with Gasteiger partial charge < -0.3 is 15.9 Å². The van der Waals surface area contributed by atoms with Crippen LogP contribution in [0.15, 0.2) is 66.7 Å². The maximum Gasteiger partial charge on any atom is 0.429 e. The second kappa shape index (κ2) is 13.4. The lowest BCUT2D eigenvalue weighted by atomic mass is 9.99. The van der Waals surface area contributed by atoms with Crippen LogP contribution in [0.2, 0.25) is 0 Å². The lowest BCUT2D eigenvalue weighted by molar-refractivity contribution is -0.187. The summed E-state index contributed by atoms with van der Waals surface area (Å²) in [6, 6.07) is 10.3. The number of hydrogen-bond acceptors (Lipinski definition) is 3. The maximum absolute atomic E-state index is 14.9. The van der Waals surface area contributed by atoms with Crippen LogP contribution in [0.3, 0.4) is 0 Å². The molecular formula is C32H26F8N2O. The third-order valence-corrected chi connectivity index (χ3v) is 6.94. The monoisotopic (exact) mass is 606 g/mol. The molecule has 0 saturated carbocycles. The molecule has 43 heavy (non-hydrogen) atoms. The Morgan fingerprint density at radius 3 is 1.95 bits per heavy atom. The number of nitrogens with one attached hydrogen (secondary N) is 1. The van der Waals surface area contributed by atoms with Gasteiger partial charge in [0.2, 0.25) is 0 Å². The number of aryl methyl sites for hydroxylation is 1. The molecule has 3 nitrogen and oxygen atoms in total. The maximum atomic E-state index is 14.9. The number of ether oxygens (including phenoxy) is 1. The molecule has 0 aromatic heterocycles. The molecule has 1 unspecified atom stereocenters. The highest BCUT2D eigenvalue weighted by molar-refractivity contribution is 5.72. The van der Waals surface area contributed by atoms with Crippen molar-refractivity contribution in [3.63, 3.8) is 0 Å². The summed E-state index contributed by atoms with van der Waals surface area (Å²) in [5.74, 6) is -8.66. The Kier molecular flexibility index (Phi) is 9.85. The van der Waals surface area contributed by atoms with Gasteiger partial charge in [-0.3, -0.25) is 0 Å². The minimum atomic E-state index is -4.15. The highest BCUT2D eigenvalue weighted by Crippen LogP contribution is 2.36. The molecule has 226 valence electrons. The Labute approximate surface area is 242 Å². The molecule has 0 aliphatic heterocycles. The van der Waals surface area contributed by atoms with Gasteiger partial charge in [-0.1, -0.05) is 24.6 Å². The number of rotatable bonds is 12. The number of nitrogens with two attached hydrogens (primary N) is 1. The SMILES string of the molecule is N=CC(CN)CCCCc1ccc(C(F)(F)Oc2ccc(-c3ccc(-c4cc(F)c(F)c(F)c4)c(F)c3)c(F)c2)c(F)c1. The van der Waals surface area contributed by atoms with Crippen molar-refractivity contribution in [2.45, 2.75) is 31.8 Å². The van der Waals surface area contributed by atoms with Crippen molar-refractivity contribution in [1.29, 1.82) is 5.41 Å². The third kappa shape index (κ3) is 7.40. The zero-order valence-corrected chi connectivity index (χ0v) is 22.6. The molecule has 0 saturated heterocycles. The van der Waals surface area contributed by atoms with Crippen LogP contribution in [0.5, 0.6) is 5.75 Å². The van der Waals surface area contributed by atoms with Crippen LogP contribution in [0.1, 0.15) is 30.4 Å². The molecular weight excluding hydrogens is 580 g/mol. The number of benzene rings is 4. The molecule has 3 N–H and O–H groups in total. The molecule has 0 aliphatic carbocycles. The minimum absolute atomic E-state index is 0.0295. The topological polar surface area (TPSA) is 59.1 Å². The van der Waals surface area contributed by atoms with Gasteiger partial charge >= 0.3 is 6.11 Å². The summed E-state index contributed by atoms with van der Waals surface area (Å²) in [5, 5.41) is 7.27. The number of hydrogen-bond donors (Lipinski definition) is 2. The van der Waals surface area contributed by atoms with E-state index in [0.717, 1.165) is 42.8 Å². The van der Waals surface area contributed by atoms with Crippen LogP contribution in [0, 0.1) is 46.2 Å². The smallest absolute Gasteiger partial charge is 0.429 e. The summed E-state index contributed by atoms with van der Waals surface area (Å²) in [7, 11) is 0. The van der Waals surface area contributed by atoms with Crippen molar-refractivity contribution in [3.8, 4) is 28.0 Å². The van der Waals surface area contributed by atoms with Gasteiger partial charge in [-0.25, -0.2) is 26.3 Å². The van der Waals surface area contributed by atoms with Crippen molar-refractivity contribution >= 4 is 6.21 Å². The Bertz CT molecular complexity index is 1600. The summed E-state index contributed by atoms with van der Waals surface area (Å²) in [6.07, 6.45) is -0.365. The Balaban J connectivity index is 1.46. The lowest BCUT2D eigenvalue weighted by Crippen LogP contribution is -2.23. The summed E-state index contributed by atoms with van der Waals surface area (Å²) in [4.78, 5) is 0. The van der Waals surface area contributed by atoms with Crippen molar-refractivity contribution < 1.29 is 39.9 Å². The summed E-state index contributed by atoms with van der Waals surface area (Å²) in [5.41, 5.74) is 4.20. The summed E-state index contributed by atoms with van der Waals surface area (Å²) < 4.78 is 119. The standard InChI is InChI=1S/C32H26F8N2O/c33-26-12-20(6-8-24(26)21-13-29(36)31(38)30(37)14-21)23-9-7-22(15-27(23)34)43-32(39,40)25-10-5-18(11-28(25)35)3-1-2-4-19(16-41)17-42/h5-16,19,41H,1-4,17,42H2. The van der Waals surface area contributed by atoms with E-state index in [-0.39, 0.29) is 28.2 Å². The average molecular weight is 607 g/mol. The van der Waals surface area contributed by atoms with E-state index in [1.54, 1.807) is 0 Å². The highest BCUT2D eigenvalue weighted by Gasteiger charge is 2.38. The molecule has 4 rings (SSSR count). The minimum Gasteiger partial charge on any atom is -0.429 e. The van der Waals surface area contributed by atoms with Gasteiger partial charge in [0, 0.05) is 29.7 Å². The van der Waals surface area contributed by atoms with E-state index in [4.69, 9.17) is 11.1 Å². The Morgan fingerprint density at radius 2 is 1.35 bits per heavy atom. The molecule has 0 bridgehead atoms. The first-order valence-corrected chi connectivity index (χ1v) is 13.2. The predicted molar refractivity (Wildman–Crippen MR) is 147 cm³/mol. The van der Waals surface area contributed by atoms with Crippen LogP contribution in [-0.4, -0.2) is 12.8 Å². The van der Waals surface area contributed by atoms with Crippen molar-refractivity contribution in [3.05, 3.63) is 113 Å². The van der Waals surface area contributed by atoms with E-state index in [2.05, 4.69) is 4.74 Å². The molecule has 1 atom stereocenters.